The summed E-state index contributed by atoms with van der Waals surface area (Å²) in [6.07, 6.45) is 4.04. The third-order valence-corrected chi connectivity index (χ3v) is 3.84. The number of carbonyl (C=O) groups excluding carboxylic acids is 2. The first kappa shape index (κ1) is 14.2. The van der Waals surface area contributed by atoms with E-state index in [0.29, 0.717) is 19.5 Å². The highest BCUT2D eigenvalue weighted by Crippen LogP contribution is 2.31. The van der Waals surface area contributed by atoms with Gasteiger partial charge in [0.1, 0.15) is 5.60 Å². The molecule has 0 bridgehead atoms. The highest BCUT2D eigenvalue weighted by molar-refractivity contribution is 5.77. The lowest BCUT2D eigenvalue weighted by atomic mass is 9.80. The fourth-order valence-corrected chi connectivity index (χ4v) is 2.83. The Kier molecular flexibility index (Phi) is 3.74. The van der Waals surface area contributed by atoms with Gasteiger partial charge in [-0.15, -0.1) is 0 Å². The summed E-state index contributed by atoms with van der Waals surface area (Å²) in [6, 6.07) is 0. The van der Waals surface area contributed by atoms with Gasteiger partial charge in [0.05, 0.1) is 0 Å². The summed E-state index contributed by atoms with van der Waals surface area (Å²) in [4.78, 5) is 25.2. The Morgan fingerprint density at radius 3 is 2.42 bits per heavy atom. The van der Waals surface area contributed by atoms with Crippen molar-refractivity contribution in [1.82, 2.24) is 10.2 Å². The molecule has 0 aromatic heterocycles. The van der Waals surface area contributed by atoms with E-state index in [1.807, 2.05) is 20.8 Å². The van der Waals surface area contributed by atoms with Crippen molar-refractivity contribution in [3.8, 4) is 0 Å². The number of amides is 2. The van der Waals surface area contributed by atoms with Crippen molar-refractivity contribution in [3.63, 3.8) is 0 Å². The smallest absolute Gasteiger partial charge is 0.410 e. The normalized spacial score (nSPS) is 23.1. The molecule has 2 rings (SSSR count). The van der Waals surface area contributed by atoms with Gasteiger partial charge in [0.25, 0.3) is 0 Å². The highest BCUT2D eigenvalue weighted by atomic mass is 16.6. The molecule has 0 unspecified atom stereocenters. The second kappa shape index (κ2) is 5.02. The molecule has 1 N–H and O–H groups in total. The van der Waals surface area contributed by atoms with Crippen molar-refractivity contribution >= 4 is 12.0 Å². The van der Waals surface area contributed by atoms with Crippen LogP contribution in [0.5, 0.6) is 0 Å². The molecule has 0 aromatic carbocycles. The van der Waals surface area contributed by atoms with Crippen LogP contribution in [0.4, 0.5) is 4.79 Å². The van der Waals surface area contributed by atoms with Crippen molar-refractivity contribution in [1.29, 1.82) is 0 Å². The summed E-state index contributed by atoms with van der Waals surface area (Å²) in [5.41, 5.74) is -0.529. The fraction of sp³-hybridized carbons (Fsp3) is 0.857. The van der Waals surface area contributed by atoms with Crippen molar-refractivity contribution in [3.05, 3.63) is 0 Å². The van der Waals surface area contributed by atoms with Crippen molar-refractivity contribution in [2.75, 3.05) is 13.1 Å². The van der Waals surface area contributed by atoms with E-state index < -0.39 is 5.60 Å². The monoisotopic (exact) mass is 268 g/mol. The lowest BCUT2D eigenvalue weighted by Gasteiger charge is -2.44. The maximum atomic E-state index is 12.0. The zero-order valence-electron chi connectivity index (χ0n) is 12.1. The second-order valence-corrected chi connectivity index (χ2v) is 6.65. The zero-order valence-corrected chi connectivity index (χ0v) is 12.1. The first-order valence-electron chi connectivity index (χ1n) is 7.09. The molecule has 2 fully saturated rings. The largest absolute Gasteiger partial charge is 0.444 e. The summed E-state index contributed by atoms with van der Waals surface area (Å²) in [5.74, 6) is 0.150. The molecule has 0 atom stereocenters. The SMILES string of the molecule is CC(C)(C)OC(=O)N1CCC2(CCCC(=O)N2)CC1. The van der Waals surface area contributed by atoms with E-state index in [9.17, 15) is 9.59 Å². The number of hydrogen-bond acceptors (Lipinski definition) is 3. The molecule has 0 saturated carbocycles. The quantitative estimate of drug-likeness (QED) is 0.731. The predicted molar refractivity (Wildman–Crippen MR) is 71.8 cm³/mol. The second-order valence-electron chi connectivity index (χ2n) is 6.65. The average Bonchev–Trinajstić information content (AvgIpc) is 2.27. The van der Waals surface area contributed by atoms with Crippen molar-refractivity contribution in [2.45, 2.75) is 64.0 Å². The van der Waals surface area contributed by atoms with E-state index in [1.165, 1.54) is 0 Å². The molecule has 2 amide bonds. The molecule has 5 nitrogen and oxygen atoms in total. The summed E-state index contributed by atoms with van der Waals surface area (Å²) in [6.45, 7) is 6.94. The summed E-state index contributed by atoms with van der Waals surface area (Å²) < 4.78 is 5.37. The Hall–Kier alpha value is -1.26. The van der Waals surface area contributed by atoms with E-state index >= 15 is 0 Å². The van der Waals surface area contributed by atoms with Gasteiger partial charge in [-0.1, -0.05) is 0 Å². The molecule has 0 aromatic rings. The van der Waals surface area contributed by atoms with E-state index in [0.717, 1.165) is 25.7 Å². The number of likely N-dealkylation sites (tertiary alicyclic amines) is 1. The minimum atomic E-state index is -0.453. The molecule has 1 spiro atoms. The van der Waals surface area contributed by atoms with Gasteiger partial charge in [0.15, 0.2) is 0 Å². The summed E-state index contributed by atoms with van der Waals surface area (Å²) in [7, 11) is 0. The topological polar surface area (TPSA) is 58.6 Å². The number of carbonyl (C=O) groups is 2. The fourth-order valence-electron chi connectivity index (χ4n) is 2.83. The van der Waals surface area contributed by atoms with Gasteiger partial charge in [-0.25, -0.2) is 4.79 Å². The van der Waals surface area contributed by atoms with Gasteiger partial charge >= 0.3 is 6.09 Å². The standard InChI is InChI=1S/C14H24N2O3/c1-13(2,3)19-12(18)16-9-7-14(8-10-16)6-4-5-11(17)15-14/h4-10H2,1-3H3,(H,15,17). The lowest BCUT2D eigenvalue weighted by molar-refractivity contribution is -0.126. The highest BCUT2D eigenvalue weighted by Gasteiger charge is 2.39. The van der Waals surface area contributed by atoms with Gasteiger partial charge in [-0.2, -0.15) is 0 Å². The summed E-state index contributed by atoms with van der Waals surface area (Å²) in [5, 5.41) is 3.12. The van der Waals surface area contributed by atoms with Gasteiger partial charge in [-0.3, -0.25) is 4.79 Å². The van der Waals surface area contributed by atoms with Crippen LogP contribution >= 0.6 is 0 Å². The van der Waals surface area contributed by atoms with Crippen LogP contribution in [-0.2, 0) is 9.53 Å². The number of piperidine rings is 2. The molecule has 2 saturated heterocycles. The molecule has 0 radical (unpaired) electrons. The molecule has 2 heterocycles. The molecule has 19 heavy (non-hydrogen) atoms. The Morgan fingerprint density at radius 1 is 1.26 bits per heavy atom. The minimum Gasteiger partial charge on any atom is -0.444 e. The number of ether oxygens (including phenoxy) is 1. The average molecular weight is 268 g/mol. The van der Waals surface area contributed by atoms with Crippen LogP contribution < -0.4 is 5.32 Å². The Labute approximate surface area is 114 Å². The van der Waals surface area contributed by atoms with Crippen molar-refractivity contribution < 1.29 is 14.3 Å². The third-order valence-electron chi connectivity index (χ3n) is 3.84. The Balaban J connectivity index is 1.88. The number of hydrogen-bond donors (Lipinski definition) is 1. The molecule has 2 aliphatic rings. The van der Waals surface area contributed by atoms with E-state index in [1.54, 1.807) is 4.90 Å². The van der Waals surface area contributed by atoms with Crippen LogP contribution in [0.25, 0.3) is 0 Å². The Morgan fingerprint density at radius 2 is 1.89 bits per heavy atom. The van der Waals surface area contributed by atoms with Crippen molar-refractivity contribution in [2.24, 2.45) is 0 Å². The zero-order chi connectivity index (χ0) is 14.1. The molecule has 108 valence electrons. The lowest BCUT2D eigenvalue weighted by Crippen LogP contribution is -2.58. The van der Waals surface area contributed by atoms with E-state index in [2.05, 4.69) is 5.32 Å². The molecule has 5 heteroatoms. The van der Waals surface area contributed by atoms with Crippen LogP contribution in [0.2, 0.25) is 0 Å². The van der Waals surface area contributed by atoms with E-state index in [-0.39, 0.29) is 17.5 Å². The minimum absolute atomic E-state index is 0.0755. The van der Waals surface area contributed by atoms with Crippen LogP contribution in [0.3, 0.4) is 0 Å². The molecule has 0 aliphatic carbocycles. The van der Waals surface area contributed by atoms with Crippen LogP contribution in [0, 0.1) is 0 Å². The Bertz CT molecular complexity index is 365. The number of nitrogens with zero attached hydrogens (tertiary/aromatic N) is 1. The van der Waals surface area contributed by atoms with Gasteiger partial charge < -0.3 is 15.0 Å². The summed E-state index contributed by atoms with van der Waals surface area (Å²) >= 11 is 0. The molecule has 2 aliphatic heterocycles. The van der Waals surface area contributed by atoms with Gasteiger partial charge in [-0.05, 0) is 46.5 Å². The van der Waals surface area contributed by atoms with Gasteiger partial charge in [0, 0.05) is 25.0 Å². The van der Waals surface area contributed by atoms with Gasteiger partial charge in [0.2, 0.25) is 5.91 Å². The van der Waals surface area contributed by atoms with Crippen LogP contribution in [0.15, 0.2) is 0 Å². The number of nitrogens with one attached hydrogen (secondary N) is 1. The number of rotatable bonds is 0. The predicted octanol–water partition coefficient (Wildman–Crippen LogP) is 2.06. The maximum absolute atomic E-state index is 12.0. The first-order chi connectivity index (χ1) is 8.80. The van der Waals surface area contributed by atoms with Crippen LogP contribution in [-0.4, -0.2) is 41.1 Å². The third kappa shape index (κ3) is 3.61. The molecular formula is C14H24N2O3. The first-order valence-corrected chi connectivity index (χ1v) is 7.09. The van der Waals surface area contributed by atoms with E-state index in [4.69, 9.17) is 4.74 Å². The molecular weight excluding hydrogens is 244 g/mol. The maximum Gasteiger partial charge on any atom is 0.410 e. The van der Waals surface area contributed by atoms with Crippen LogP contribution in [0.1, 0.15) is 52.9 Å².